The fraction of sp³-hybridized carbons (Fsp3) is 0.316. The Bertz CT molecular complexity index is 661. The van der Waals surface area contributed by atoms with Crippen LogP contribution in [-0.2, 0) is 9.59 Å². The van der Waals surface area contributed by atoms with Crippen LogP contribution in [0.1, 0.15) is 42.5 Å². The van der Waals surface area contributed by atoms with Crippen molar-refractivity contribution in [3.05, 3.63) is 59.7 Å². The highest BCUT2D eigenvalue weighted by Crippen LogP contribution is 2.19. The normalized spacial score (nSPS) is 16.6. The summed E-state index contributed by atoms with van der Waals surface area (Å²) in [6, 6.07) is 8.14. The summed E-state index contributed by atoms with van der Waals surface area (Å²) < 4.78 is 0. The van der Waals surface area contributed by atoms with E-state index in [0.717, 1.165) is 18.4 Å². The maximum Gasteiger partial charge on any atom is 0.303 e. The van der Waals surface area contributed by atoms with Gasteiger partial charge in [-0.05, 0) is 43.0 Å². The standard InChI is InChI=1S/C19H21NO4/c21-16-12-7-11-14(8-3-2-6-13-17(22)23)18(16)20-19(24)15-9-4-1-5-10-15/h1,4-5,7,9-12,18H,2-3,6,8,13H2,(H,20,24)(H,22,23). The molecule has 0 spiro atoms. The zero-order valence-electron chi connectivity index (χ0n) is 13.4. The van der Waals surface area contributed by atoms with Crippen molar-refractivity contribution in [3.8, 4) is 0 Å². The molecule has 2 N–H and O–H groups in total. The zero-order chi connectivity index (χ0) is 17.4. The minimum absolute atomic E-state index is 0.137. The van der Waals surface area contributed by atoms with E-state index in [1.807, 2.05) is 12.1 Å². The average molecular weight is 327 g/mol. The smallest absolute Gasteiger partial charge is 0.303 e. The molecule has 0 saturated carbocycles. The minimum Gasteiger partial charge on any atom is -0.481 e. The number of amides is 1. The predicted molar refractivity (Wildman–Crippen MR) is 90.6 cm³/mol. The van der Waals surface area contributed by atoms with Gasteiger partial charge in [0, 0.05) is 12.0 Å². The third-order valence-corrected chi connectivity index (χ3v) is 3.89. The Kier molecular flexibility index (Phi) is 6.49. The SMILES string of the molecule is O=C(O)CCCCCC1=CC=CC(=O)C1NC(=O)c1ccccc1. The van der Waals surface area contributed by atoms with Crippen molar-refractivity contribution in [3.63, 3.8) is 0 Å². The van der Waals surface area contributed by atoms with Crippen molar-refractivity contribution >= 4 is 17.7 Å². The average Bonchev–Trinajstić information content (AvgIpc) is 2.57. The number of aliphatic carboxylic acids is 1. The van der Waals surface area contributed by atoms with Gasteiger partial charge in [-0.2, -0.15) is 0 Å². The maximum atomic E-state index is 12.3. The third-order valence-electron chi connectivity index (χ3n) is 3.89. The molecule has 1 unspecified atom stereocenters. The van der Waals surface area contributed by atoms with Crippen LogP contribution in [0.3, 0.4) is 0 Å². The van der Waals surface area contributed by atoms with Gasteiger partial charge in [0.05, 0.1) is 0 Å². The lowest BCUT2D eigenvalue weighted by Crippen LogP contribution is -2.42. The Morgan fingerprint density at radius 3 is 2.54 bits per heavy atom. The van der Waals surface area contributed by atoms with Crippen LogP contribution in [0.4, 0.5) is 0 Å². The van der Waals surface area contributed by atoms with Crippen molar-refractivity contribution in [2.75, 3.05) is 0 Å². The molecule has 5 heteroatoms. The largest absolute Gasteiger partial charge is 0.481 e. The Balaban J connectivity index is 1.92. The molecule has 126 valence electrons. The molecule has 0 bridgehead atoms. The monoisotopic (exact) mass is 327 g/mol. The second-order valence-corrected chi connectivity index (χ2v) is 5.73. The Morgan fingerprint density at radius 2 is 1.83 bits per heavy atom. The number of unbranched alkanes of at least 4 members (excludes halogenated alkanes) is 2. The highest BCUT2D eigenvalue weighted by molar-refractivity contribution is 6.03. The lowest BCUT2D eigenvalue weighted by atomic mass is 9.92. The second kappa shape index (κ2) is 8.82. The van der Waals surface area contributed by atoms with Crippen LogP contribution >= 0.6 is 0 Å². The van der Waals surface area contributed by atoms with Crippen molar-refractivity contribution in [2.24, 2.45) is 0 Å². The highest BCUT2D eigenvalue weighted by atomic mass is 16.4. The number of ketones is 1. The van der Waals surface area contributed by atoms with Gasteiger partial charge in [0.1, 0.15) is 6.04 Å². The predicted octanol–water partition coefficient (Wildman–Crippen LogP) is 2.89. The summed E-state index contributed by atoms with van der Waals surface area (Å²) in [6.07, 6.45) is 8.02. The molecule has 0 fully saturated rings. The first-order valence-corrected chi connectivity index (χ1v) is 8.06. The first-order valence-electron chi connectivity index (χ1n) is 8.06. The zero-order valence-corrected chi connectivity index (χ0v) is 13.4. The fourth-order valence-corrected chi connectivity index (χ4v) is 2.62. The van der Waals surface area contributed by atoms with Crippen LogP contribution in [0.2, 0.25) is 0 Å². The van der Waals surface area contributed by atoms with Gasteiger partial charge in [0.25, 0.3) is 5.91 Å². The fourth-order valence-electron chi connectivity index (χ4n) is 2.62. The summed E-state index contributed by atoms with van der Waals surface area (Å²) in [4.78, 5) is 34.9. The van der Waals surface area contributed by atoms with Gasteiger partial charge in [0.2, 0.25) is 0 Å². The van der Waals surface area contributed by atoms with E-state index in [2.05, 4.69) is 5.32 Å². The van der Waals surface area contributed by atoms with Crippen LogP contribution < -0.4 is 5.32 Å². The lowest BCUT2D eigenvalue weighted by molar-refractivity contribution is -0.137. The second-order valence-electron chi connectivity index (χ2n) is 5.73. The van der Waals surface area contributed by atoms with Crippen LogP contribution in [-0.4, -0.2) is 28.8 Å². The molecule has 1 aliphatic carbocycles. The molecule has 1 amide bonds. The van der Waals surface area contributed by atoms with Crippen molar-refractivity contribution in [1.29, 1.82) is 0 Å². The minimum atomic E-state index is -0.794. The molecule has 0 radical (unpaired) electrons. The van der Waals surface area contributed by atoms with E-state index in [9.17, 15) is 14.4 Å². The molecule has 1 aromatic rings. The third kappa shape index (κ3) is 5.19. The first kappa shape index (κ1) is 17.7. The van der Waals surface area contributed by atoms with Gasteiger partial charge < -0.3 is 10.4 Å². The van der Waals surface area contributed by atoms with E-state index in [-0.39, 0.29) is 18.1 Å². The van der Waals surface area contributed by atoms with Gasteiger partial charge in [0.15, 0.2) is 5.78 Å². The van der Waals surface area contributed by atoms with E-state index in [4.69, 9.17) is 5.11 Å². The van der Waals surface area contributed by atoms with Crippen LogP contribution in [0.25, 0.3) is 0 Å². The summed E-state index contributed by atoms with van der Waals surface area (Å²) in [7, 11) is 0. The van der Waals surface area contributed by atoms with E-state index in [1.165, 1.54) is 6.08 Å². The van der Waals surface area contributed by atoms with Crippen molar-refractivity contribution in [1.82, 2.24) is 5.32 Å². The van der Waals surface area contributed by atoms with E-state index in [1.54, 1.807) is 30.3 Å². The molecule has 5 nitrogen and oxygen atoms in total. The molecule has 0 heterocycles. The van der Waals surface area contributed by atoms with Crippen LogP contribution in [0.5, 0.6) is 0 Å². The summed E-state index contributed by atoms with van der Waals surface area (Å²) >= 11 is 0. The van der Waals surface area contributed by atoms with E-state index < -0.39 is 12.0 Å². The van der Waals surface area contributed by atoms with Crippen LogP contribution in [0, 0.1) is 0 Å². The Labute approximate surface area is 141 Å². The number of carbonyl (C=O) groups is 3. The molecule has 2 rings (SSSR count). The quantitative estimate of drug-likeness (QED) is 0.719. The van der Waals surface area contributed by atoms with Crippen molar-refractivity contribution < 1.29 is 19.5 Å². The number of rotatable bonds is 8. The summed E-state index contributed by atoms with van der Waals surface area (Å²) in [5.74, 6) is -1.21. The molecule has 24 heavy (non-hydrogen) atoms. The number of nitrogens with one attached hydrogen (secondary N) is 1. The lowest BCUT2D eigenvalue weighted by Gasteiger charge is -2.22. The summed E-state index contributed by atoms with van der Waals surface area (Å²) in [5, 5.41) is 11.4. The van der Waals surface area contributed by atoms with Gasteiger partial charge in [-0.25, -0.2) is 0 Å². The molecular weight excluding hydrogens is 306 g/mol. The molecule has 0 aromatic heterocycles. The number of hydrogen-bond acceptors (Lipinski definition) is 3. The number of benzene rings is 1. The van der Waals surface area contributed by atoms with Gasteiger partial charge in [-0.15, -0.1) is 0 Å². The maximum absolute atomic E-state index is 12.3. The number of carboxylic acid groups (broad SMARTS) is 1. The number of hydrogen-bond donors (Lipinski definition) is 2. The molecule has 1 aliphatic rings. The number of carbonyl (C=O) groups excluding carboxylic acids is 2. The summed E-state index contributed by atoms with van der Waals surface area (Å²) in [6.45, 7) is 0. The van der Waals surface area contributed by atoms with Crippen molar-refractivity contribution in [2.45, 2.75) is 38.1 Å². The van der Waals surface area contributed by atoms with Gasteiger partial charge in [-0.1, -0.05) is 36.8 Å². The number of carboxylic acids is 1. The van der Waals surface area contributed by atoms with Crippen LogP contribution in [0.15, 0.2) is 54.1 Å². The first-order chi connectivity index (χ1) is 11.6. The Morgan fingerprint density at radius 1 is 1.08 bits per heavy atom. The van der Waals surface area contributed by atoms with Gasteiger partial charge >= 0.3 is 5.97 Å². The van der Waals surface area contributed by atoms with Gasteiger partial charge in [-0.3, -0.25) is 14.4 Å². The molecule has 0 saturated heterocycles. The molecule has 1 aromatic carbocycles. The number of allylic oxidation sites excluding steroid dienone is 2. The molecule has 0 aliphatic heterocycles. The topological polar surface area (TPSA) is 83.5 Å². The van der Waals surface area contributed by atoms with E-state index >= 15 is 0 Å². The summed E-state index contributed by atoms with van der Waals surface area (Å²) in [5.41, 5.74) is 1.38. The van der Waals surface area contributed by atoms with E-state index in [0.29, 0.717) is 18.4 Å². The Hall–Kier alpha value is -2.69. The highest BCUT2D eigenvalue weighted by Gasteiger charge is 2.24. The molecular formula is C19H21NO4. The molecule has 1 atom stereocenters.